The number of aromatic nitrogens is 4. The first kappa shape index (κ1) is 19.1. The Hall–Kier alpha value is -3.22. The average molecular weight is 423 g/mol. The predicted molar refractivity (Wildman–Crippen MR) is 112 cm³/mol. The minimum absolute atomic E-state index is 0.0907. The molecule has 0 saturated carbocycles. The van der Waals surface area contributed by atoms with Gasteiger partial charge in [0.1, 0.15) is 28.2 Å². The van der Waals surface area contributed by atoms with Crippen molar-refractivity contribution in [3.63, 3.8) is 0 Å². The maximum Gasteiger partial charge on any atom is 0.191 e. The van der Waals surface area contributed by atoms with Gasteiger partial charge in [-0.05, 0) is 24.3 Å². The van der Waals surface area contributed by atoms with Crippen LogP contribution in [0.15, 0.2) is 59.4 Å². The van der Waals surface area contributed by atoms with Crippen LogP contribution >= 0.6 is 23.1 Å². The highest BCUT2D eigenvalue weighted by atomic mass is 32.2. The second-order valence-electron chi connectivity index (χ2n) is 6.05. The lowest BCUT2D eigenvalue weighted by molar-refractivity contribution is 0.420. The van der Waals surface area contributed by atoms with Gasteiger partial charge in [-0.15, -0.1) is 21.5 Å². The zero-order valence-corrected chi connectivity index (χ0v) is 16.8. The molecule has 2 aromatic heterocycles. The van der Waals surface area contributed by atoms with E-state index >= 15 is 0 Å². The van der Waals surface area contributed by atoms with Crippen molar-refractivity contribution >= 4 is 38.9 Å². The number of aliphatic hydroxyl groups is 1. The summed E-state index contributed by atoms with van der Waals surface area (Å²) in [6.07, 6.45) is 0. The van der Waals surface area contributed by atoms with Gasteiger partial charge in [-0.2, -0.15) is 5.26 Å². The Morgan fingerprint density at radius 1 is 1.21 bits per heavy atom. The summed E-state index contributed by atoms with van der Waals surface area (Å²) in [5, 5.41) is 29.1. The van der Waals surface area contributed by atoms with Gasteiger partial charge in [-0.3, -0.25) is 0 Å². The largest absolute Gasteiger partial charge is 0.510 e. The van der Waals surface area contributed by atoms with Gasteiger partial charge in [0.05, 0.1) is 21.5 Å². The van der Waals surface area contributed by atoms with E-state index < -0.39 is 0 Å². The van der Waals surface area contributed by atoms with E-state index in [1.807, 2.05) is 30.3 Å². The molecule has 9 heteroatoms. The van der Waals surface area contributed by atoms with E-state index in [9.17, 15) is 14.8 Å². The molecular weight excluding hydrogens is 409 g/mol. The van der Waals surface area contributed by atoms with Crippen molar-refractivity contribution in [1.29, 1.82) is 5.26 Å². The molecule has 0 spiro atoms. The number of thioether (sulfide) groups is 1. The molecule has 0 radical (unpaired) electrons. The summed E-state index contributed by atoms with van der Waals surface area (Å²) < 4.78 is 16.6. The van der Waals surface area contributed by atoms with Crippen LogP contribution in [0.5, 0.6) is 0 Å². The third kappa shape index (κ3) is 3.72. The number of nitriles is 1. The maximum atomic E-state index is 14.0. The van der Waals surface area contributed by atoms with Crippen LogP contribution in [0.2, 0.25) is 0 Å². The fourth-order valence-corrected chi connectivity index (χ4v) is 4.51. The number of hydrogen-bond donors (Lipinski definition) is 1. The number of thiazole rings is 1. The van der Waals surface area contributed by atoms with Crippen LogP contribution in [0, 0.1) is 17.1 Å². The molecule has 0 aliphatic carbocycles. The normalized spacial score (nSPS) is 12.0. The quantitative estimate of drug-likeness (QED) is 0.281. The summed E-state index contributed by atoms with van der Waals surface area (Å²) in [5.41, 5.74) is 1.26. The summed E-state index contributed by atoms with van der Waals surface area (Å²) >= 11 is 2.56. The van der Waals surface area contributed by atoms with Crippen molar-refractivity contribution in [3.05, 3.63) is 65.1 Å². The first-order valence-electron chi connectivity index (χ1n) is 8.53. The van der Waals surface area contributed by atoms with E-state index in [1.165, 1.54) is 29.2 Å². The van der Waals surface area contributed by atoms with Crippen molar-refractivity contribution < 1.29 is 9.50 Å². The molecular formula is C20H14FN5OS2. The van der Waals surface area contributed by atoms with Crippen LogP contribution in [-0.2, 0) is 7.05 Å². The Morgan fingerprint density at radius 2 is 1.97 bits per heavy atom. The number of benzene rings is 2. The van der Waals surface area contributed by atoms with Gasteiger partial charge >= 0.3 is 0 Å². The summed E-state index contributed by atoms with van der Waals surface area (Å²) in [4.78, 5) is 4.43. The Morgan fingerprint density at radius 3 is 2.72 bits per heavy atom. The van der Waals surface area contributed by atoms with Crippen LogP contribution in [0.4, 0.5) is 4.39 Å². The highest BCUT2D eigenvalue weighted by Gasteiger charge is 2.17. The minimum Gasteiger partial charge on any atom is -0.510 e. The molecule has 0 amide bonds. The standard InChI is InChI=1S/C20H14FN5OS2/c1-26-18(12-6-2-3-7-14(12)21)24-25-20(26)28-11-16(27)13(10-22)19-23-15-8-4-5-9-17(15)29-19/h2-9,27H,11H2,1H3/b16-13-. The number of allylic oxidation sites excluding steroid dienone is 1. The number of fused-ring (bicyclic) bond motifs is 1. The van der Waals surface area contributed by atoms with Gasteiger partial charge in [-0.1, -0.05) is 36.0 Å². The molecule has 0 unspecified atom stereocenters. The molecule has 4 rings (SSSR count). The van der Waals surface area contributed by atoms with Gasteiger partial charge in [0.15, 0.2) is 11.0 Å². The molecule has 0 fully saturated rings. The van der Waals surface area contributed by atoms with E-state index in [0.29, 0.717) is 21.6 Å². The summed E-state index contributed by atoms with van der Waals surface area (Å²) in [7, 11) is 1.73. The number of aliphatic hydroxyl groups excluding tert-OH is 1. The monoisotopic (exact) mass is 423 g/mol. The molecule has 29 heavy (non-hydrogen) atoms. The van der Waals surface area contributed by atoms with Crippen LogP contribution in [0.1, 0.15) is 5.01 Å². The third-order valence-electron chi connectivity index (χ3n) is 4.20. The van der Waals surface area contributed by atoms with Crippen LogP contribution < -0.4 is 0 Å². The summed E-state index contributed by atoms with van der Waals surface area (Å²) in [6, 6.07) is 15.9. The number of halogens is 1. The second-order valence-corrected chi connectivity index (χ2v) is 8.03. The summed E-state index contributed by atoms with van der Waals surface area (Å²) in [5.74, 6) is 0.0276. The highest BCUT2D eigenvalue weighted by Crippen LogP contribution is 2.30. The molecule has 0 bridgehead atoms. The van der Waals surface area contributed by atoms with Crippen LogP contribution in [0.25, 0.3) is 27.2 Å². The molecule has 0 atom stereocenters. The molecule has 1 N–H and O–H groups in total. The first-order chi connectivity index (χ1) is 14.1. The SMILES string of the molecule is Cn1c(SC/C(O)=C(\C#N)c2nc3ccccc3s2)nnc1-c1ccccc1F. The fourth-order valence-electron chi connectivity index (χ4n) is 2.74. The lowest BCUT2D eigenvalue weighted by atomic mass is 10.2. The minimum atomic E-state index is -0.384. The van der Waals surface area contributed by atoms with Gasteiger partial charge < -0.3 is 9.67 Å². The maximum absolute atomic E-state index is 14.0. The fraction of sp³-hybridized carbons (Fsp3) is 0.100. The third-order valence-corrected chi connectivity index (χ3v) is 6.28. The molecule has 144 valence electrons. The number of rotatable bonds is 5. The molecule has 2 aromatic carbocycles. The van der Waals surface area contributed by atoms with Crippen LogP contribution in [0.3, 0.4) is 0 Å². The Labute approximate surface area is 174 Å². The van der Waals surface area contributed by atoms with E-state index in [2.05, 4.69) is 15.2 Å². The van der Waals surface area contributed by atoms with E-state index in [0.717, 1.165) is 10.2 Å². The smallest absolute Gasteiger partial charge is 0.191 e. The summed E-state index contributed by atoms with van der Waals surface area (Å²) in [6.45, 7) is 0. The Bertz CT molecular complexity index is 1240. The number of para-hydroxylation sites is 1. The van der Waals surface area contributed by atoms with E-state index in [4.69, 9.17) is 0 Å². The predicted octanol–water partition coefficient (Wildman–Crippen LogP) is 4.82. The Balaban J connectivity index is 1.58. The zero-order chi connectivity index (χ0) is 20.4. The molecule has 0 saturated heterocycles. The first-order valence-corrected chi connectivity index (χ1v) is 10.3. The molecule has 0 aliphatic rings. The van der Waals surface area contributed by atoms with Crippen molar-refractivity contribution in [1.82, 2.24) is 19.7 Å². The number of nitrogens with zero attached hydrogens (tertiary/aromatic N) is 5. The van der Waals surface area contributed by atoms with Crippen molar-refractivity contribution in [2.75, 3.05) is 5.75 Å². The Kier molecular flexibility index (Phi) is 5.29. The lowest BCUT2D eigenvalue weighted by Gasteiger charge is -2.05. The van der Waals surface area contributed by atoms with Gasteiger partial charge in [0.2, 0.25) is 0 Å². The van der Waals surface area contributed by atoms with E-state index in [1.54, 1.807) is 29.8 Å². The number of hydrogen-bond acceptors (Lipinski definition) is 7. The van der Waals surface area contributed by atoms with E-state index in [-0.39, 0.29) is 22.9 Å². The van der Waals surface area contributed by atoms with Gasteiger partial charge in [0.25, 0.3) is 0 Å². The van der Waals surface area contributed by atoms with Gasteiger partial charge in [-0.25, -0.2) is 9.37 Å². The molecule has 0 aliphatic heterocycles. The average Bonchev–Trinajstić information content (AvgIpc) is 3.31. The van der Waals surface area contributed by atoms with Crippen LogP contribution in [-0.4, -0.2) is 30.6 Å². The lowest BCUT2D eigenvalue weighted by Crippen LogP contribution is -1.98. The highest BCUT2D eigenvalue weighted by molar-refractivity contribution is 7.99. The van der Waals surface area contributed by atoms with Crippen molar-refractivity contribution in [3.8, 4) is 17.5 Å². The molecule has 6 nitrogen and oxygen atoms in total. The van der Waals surface area contributed by atoms with Gasteiger partial charge in [0, 0.05) is 7.05 Å². The second kappa shape index (κ2) is 8.03. The zero-order valence-electron chi connectivity index (χ0n) is 15.2. The van der Waals surface area contributed by atoms with Crippen molar-refractivity contribution in [2.45, 2.75) is 5.16 Å². The molecule has 4 aromatic rings. The molecule has 2 heterocycles. The topological polar surface area (TPSA) is 87.6 Å². The van der Waals surface area contributed by atoms with Crippen molar-refractivity contribution in [2.24, 2.45) is 7.05 Å².